The van der Waals surface area contributed by atoms with E-state index in [1.54, 1.807) is 32.1 Å². The van der Waals surface area contributed by atoms with Crippen LogP contribution in [0.4, 0.5) is 0 Å². The Balaban J connectivity index is 1.99. The smallest absolute Gasteiger partial charge is 0.339 e. The van der Waals surface area contributed by atoms with Crippen molar-refractivity contribution in [2.75, 3.05) is 26.2 Å². The molecule has 0 bridgehead atoms. The van der Waals surface area contributed by atoms with Crippen molar-refractivity contribution < 1.29 is 28.9 Å². The average molecular weight is 431 g/mol. The van der Waals surface area contributed by atoms with Gasteiger partial charge in [0.15, 0.2) is 17.3 Å². The van der Waals surface area contributed by atoms with Crippen molar-refractivity contribution in [2.45, 2.75) is 31.8 Å². The Hall–Kier alpha value is -2.41. The quantitative estimate of drug-likeness (QED) is 0.684. The van der Waals surface area contributed by atoms with Crippen LogP contribution in [0.5, 0.6) is 17.2 Å². The number of rotatable bonds is 6. The first-order valence-corrected chi connectivity index (χ1v) is 11.5. The molecule has 2 atom stereocenters. The minimum Gasteiger partial charge on any atom is -0.493 e. The molecule has 7 heteroatoms. The summed E-state index contributed by atoms with van der Waals surface area (Å²) >= 11 is 1.63. The molecule has 1 aromatic rings. The molecule has 1 aromatic carbocycles. The van der Waals surface area contributed by atoms with Crippen molar-refractivity contribution in [3.63, 3.8) is 0 Å². The molecule has 0 spiro atoms. The number of thioether (sulfide) groups is 1. The maximum absolute atomic E-state index is 12.6. The standard InChI is InChI=1S/C23H26O6S/c1-27-19-9-16-18(10-20(19)28-2)29-21(11-30-3)15-8-14(23(25)26)17(24)7-6-13(22(15)16)12-4-5-12/h8-10,12-13,21H,4-7,11H2,1-3H3,(H,25,26)/b14-8+. The summed E-state index contributed by atoms with van der Waals surface area (Å²) in [5, 5.41) is 9.67. The van der Waals surface area contributed by atoms with Gasteiger partial charge in [0, 0.05) is 23.8 Å². The third kappa shape index (κ3) is 3.71. The van der Waals surface area contributed by atoms with Gasteiger partial charge in [0.25, 0.3) is 0 Å². The zero-order valence-corrected chi connectivity index (χ0v) is 18.2. The number of ketones is 1. The summed E-state index contributed by atoms with van der Waals surface area (Å²) in [4.78, 5) is 24.4. The molecule has 0 amide bonds. The highest BCUT2D eigenvalue weighted by molar-refractivity contribution is 7.98. The van der Waals surface area contributed by atoms with E-state index in [0.717, 1.165) is 29.6 Å². The first kappa shape index (κ1) is 20.8. The molecule has 6 nitrogen and oxygen atoms in total. The van der Waals surface area contributed by atoms with Gasteiger partial charge >= 0.3 is 5.97 Å². The number of carbonyl (C=O) groups is 2. The van der Waals surface area contributed by atoms with Gasteiger partial charge in [0.05, 0.1) is 14.2 Å². The molecule has 1 saturated carbocycles. The van der Waals surface area contributed by atoms with Gasteiger partial charge in [0.2, 0.25) is 0 Å². The molecular weight excluding hydrogens is 404 g/mol. The lowest BCUT2D eigenvalue weighted by Crippen LogP contribution is -2.31. The van der Waals surface area contributed by atoms with Crippen molar-refractivity contribution in [3.8, 4) is 17.2 Å². The molecule has 2 aliphatic carbocycles. The molecule has 30 heavy (non-hydrogen) atoms. The number of Topliss-reactive ketones (excluding diaryl/α,β-unsaturated/α-hetero) is 1. The van der Waals surface area contributed by atoms with Crippen LogP contribution in [0.3, 0.4) is 0 Å². The van der Waals surface area contributed by atoms with Crippen LogP contribution in [0.25, 0.3) is 5.57 Å². The molecule has 1 fully saturated rings. The maximum atomic E-state index is 12.6. The highest BCUT2D eigenvalue weighted by Crippen LogP contribution is 2.53. The number of benzene rings is 1. The van der Waals surface area contributed by atoms with E-state index in [0.29, 0.717) is 35.3 Å². The Morgan fingerprint density at radius 2 is 1.90 bits per heavy atom. The summed E-state index contributed by atoms with van der Waals surface area (Å²) < 4.78 is 17.3. The van der Waals surface area contributed by atoms with E-state index in [9.17, 15) is 14.7 Å². The van der Waals surface area contributed by atoms with Crippen molar-refractivity contribution in [1.29, 1.82) is 0 Å². The van der Waals surface area contributed by atoms with E-state index in [1.807, 2.05) is 18.4 Å². The summed E-state index contributed by atoms with van der Waals surface area (Å²) in [7, 11) is 3.19. The second-order valence-corrected chi connectivity index (χ2v) is 8.81. The fraction of sp³-hybridized carbons (Fsp3) is 0.478. The Morgan fingerprint density at radius 3 is 2.50 bits per heavy atom. The fourth-order valence-corrected chi connectivity index (χ4v) is 5.08. The van der Waals surface area contributed by atoms with Gasteiger partial charge in [-0.1, -0.05) is 0 Å². The highest BCUT2D eigenvalue weighted by atomic mass is 32.2. The third-order valence-electron chi connectivity index (χ3n) is 6.10. The normalized spacial score (nSPS) is 25.2. The number of methoxy groups -OCH3 is 2. The number of aliphatic carboxylic acids is 1. The van der Waals surface area contributed by atoms with Crippen molar-refractivity contribution in [3.05, 3.63) is 34.9 Å². The summed E-state index contributed by atoms with van der Waals surface area (Å²) in [5.41, 5.74) is 2.67. The lowest BCUT2D eigenvalue weighted by Gasteiger charge is -2.35. The van der Waals surface area contributed by atoms with E-state index < -0.39 is 5.97 Å². The summed E-state index contributed by atoms with van der Waals surface area (Å²) in [5.74, 6) is 1.78. The van der Waals surface area contributed by atoms with Crippen LogP contribution in [0, 0.1) is 11.8 Å². The predicted octanol–water partition coefficient (Wildman–Crippen LogP) is 3.98. The van der Waals surface area contributed by atoms with Crippen LogP contribution in [-0.4, -0.2) is 49.2 Å². The molecule has 160 valence electrons. The number of carboxylic acid groups (broad SMARTS) is 1. The van der Waals surface area contributed by atoms with Crippen LogP contribution in [-0.2, 0) is 9.59 Å². The molecule has 0 saturated heterocycles. The van der Waals surface area contributed by atoms with Crippen LogP contribution in [0.2, 0.25) is 0 Å². The van der Waals surface area contributed by atoms with Crippen LogP contribution < -0.4 is 14.2 Å². The molecule has 1 N–H and O–H groups in total. The van der Waals surface area contributed by atoms with Crippen LogP contribution >= 0.6 is 11.8 Å². The Labute approximate surface area is 180 Å². The zero-order valence-electron chi connectivity index (χ0n) is 17.4. The Morgan fingerprint density at radius 1 is 1.20 bits per heavy atom. The summed E-state index contributed by atoms with van der Waals surface area (Å²) in [6, 6.07) is 3.77. The van der Waals surface area contributed by atoms with Gasteiger partial charge in [-0.15, -0.1) is 0 Å². The van der Waals surface area contributed by atoms with Crippen molar-refractivity contribution >= 4 is 29.1 Å². The largest absolute Gasteiger partial charge is 0.493 e. The van der Waals surface area contributed by atoms with Gasteiger partial charge < -0.3 is 19.3 Å². The molecule has 3 aliphatic rings. The number of hydrogen-bond acceptors (Lipinski definition) is 6. The van der Waals surface area contributed by atoms with Gasteiger partial charge in [-0.05, 0) is 60.6 Å². The van der Waals surface area contributed by atoms with Gasteiger partial charge in [-0.2, -0.15) is 11.8 Å². The molecule has 4 rings (SSSR count). The van der Waals surface area contributed by atoms with Crippen LogP contribution in [0.15, 0.2) is 29.4 Å². The Kier molecular flexibility index (Phi) is 5.82. The van der Waals surface area contributed by atoms with Gasteiger partial charge in [-0.3, -0.25) is 4.79 Å². The van der Waals surface area contributed by atoms with E-state index in [2.05, 4.69) is 0 Å². The third-order valence-corrected chi connectivity index (χ3v) is 6.73. The van der Waals surface area contributed by atoms with E-state index in [4.69, 9.17) is 14.2 Å². The zero-order chi connectivity index (χ0) is 21.4. The van der Waals surface area contributed by atoms with E-state index in [1.165, 1.54) is 0 Å². The first-order chi connectivity index (χ1) is 14.5. The van der Waals surface area contributed by atoms with Gasteiger partial charge in [-0.25, -0.2) is 4.79 Å². The SMILES string of the molecule is COc1cc2c(cc1OC)C1=C(/C=C(/C(=O)O)C(=O)CCC1C1CC1)C(CSC)O2. The van der Waals surface area contributed by atoms with Crippen LogP contribution in [0.1, 0.15) is 31.2 Å². The number of fused-ring (bicyclic) bond motifs is 2. The number of carboxylic acids is 1. The van der Waals surface area contributed by atoms with Crippen molar-refractivity contribution in [2.24, 2.45) is 11.8 Å². The average Bonchev–Trinajstić information content (AvgIpc) is 3.55. The van der Waals surface area contributed by atoms with E-state index in [-0.39, 0.29) is 29.8 Å². The minimum absolute atomic E-state index is 0.157. The number of ether oxygens (including phenoxy) is 3. The molecule has 1 heterocycles. The lowest BCUT2D eigenvalue weighted by molar-refractivity contribution is -0.134. The maximum Gasteiger partial charge on any atom is 0.339 e. The molecule has 1 aliphatic heterocycles. The molecule has 0 radical (unpaired) electrons. The predicted molar refractivity (Wildman–Crippen MR) is 115 cm³/mol. The first-order valence-electron chi connectivity index (χ1n) is 10.1. The number of hydrogen-bond donors (Lipinski definition) is 1. The minimum atomic E-state index is -1.18. The molecule has 0 aromatic heterocycles. The monoisotopic (exact) mass is 430 g/mol. The number of carbonyl (C=O) groups excluding carboxylic acids is 1. The Bertz CT molecular complexity index is 943. The van der Waals surface area contributed by atoms with E-state index >= 15 is 0 Å². The number of allylic oxidation sites excluding steroid dienone is 1. The second-order valence-electron chi connectivity index (χ2n) is 7.90. The topological polar surface area (TPSA) is 82.1 Å². The summed E-state index contributed by atoms with van der Waals surface area (Å²) in [6.45, 7) is 0. The lowest BCUT2D eigenvalue weighted by atomic mass is 9.76. The van der Waals surface area contributed by atoms with Crippen molar-refractivity contribution in [1.82, 2.24) is 0 Å². The summed E-state index contributed by atoms with van der Waals surface area (Å²) in [6.07, 6.45) is 6.36. The van der Waals surface area contributed by atoms with Gasteiger partial charge in [0.1, 0.15) is 17.4 Å². The molecular formula is C23H26O6S. The fourth-order valence-electron chi connectivity index (χ4n) is 4.53. The highest BCUT2D eigenvalue weighted by Gasteiger charge is 2.41. The molecule has 2 unspecified atom stereocenters. The second kappa shape index (κ2) is 8.38.